The molecule has 0 fully saturated rings. The highest BCUT2D eigenvalue weighted by Crippen LogP contribution is 2.38. The second-order valence-corrected chi connectivity index (χ2v) is 5.55. The number of fused-ring (bicyclic) bond motifs is 1. The number of nitrogens with two attached hydrogens (primary N) is 1. The lowest BCUT2D eigenvalue weighted by molar-refractivity contribution is 1.03. The molecule has 0 aliphatic rings. The van der Waals surface area contributed by atoms with Gasteiger partial charge in [0, 0.05) is 5.56 Å². The number of hydrogen-bond donors (Lipinski definition) is 2. The van der Waals surface area contributed by atoms with Gasteiger partial charge in [0.15, 0.2) is 0 Å². The van der Waals surface area contributed by atoms with Crippen molar-refractivity contribution in [2.75, 3.05) is 5.73 Å². The second-order valence-electron chi connectivity index (χ2n) is 4.60. The van der Waals surface area contributed by atoms with Gasteiger partial charge in [-0.15, -0.1) is 21.5 Å². The summed E-state index contributed by atoms with van der Waals surface area (Å²) in [5, 5.41) is 18.3. The summed E-state index contributed by atoms with van der Waals surface area (Å²) in [5.74, 6) is 0.511. The van der Waals surface area contributed by atoms with Crippen molar-refractivity contribution in [3.05, 3.63) is 47.8 Å². The predicted octanol–water partition coefficient (Wildman–Crippen LogP) is 3.33. The van der Waals surface area contributed by atoms with E-state index in [2.05, 4.69) is 20.4 Å². The Morgan fingerprint density at radius 3 is 2.62 bits per heavy atom. The fourth-order valence-corrected chi connectivity index (χ4v) is 3.12. The van der Waals surface area contributed by atoms with Gasteiger partial charge in [-0.3, -0.25) is 5.10 Å². The monoisotopic (exact) mass is 293 g/mol. The molecular formula is C15H11N5S. The fourth-order valence-electron chi connectivity index (χ4n) is 2.40. The van der Waals surface area contributed by atoms with E-state index >= 15 is 0 Å². The highest BCUT2D eigenvalue weighted by molar-refractivity contribution is 7.13. The van der Waals surface area contributed by atoms with Crippen LogP contribution in [-0.2, 0) is 0 Å². The van der Waals surface area contributed by atoms with Crippen molar-refractivity contribution < 1.29 is 0 Å². The van der Waals surface area contributed by atoms with Crippen molar-refractivity contribution in [1.29, 1.82) is 0 Å². The predicted molar refractivity (Wildman–Crippen MR) is 84.8 cm³/mol. The molecule has 0 saturated heterocycles. The van der Waals surface area contributed by atoms with Gasteiger partial charge in [0.25, 0.3) is 0 Å². The second kappa shape index (κ2) is 4.68. The first kappa shape index (κ1) is 12.0. The van der Waals surface area contributed by atoms with Gasteiger partial charge < -0.3 is 5.73 Å². The number of nitrogens with zero attached hydrogens (tertiary/aromatic N) is 3. The van der Waals surface area contributed by atoms with Gasteiger partial charge in [-0.1, -0.05) is 36.4 Å². The third-order valence-electron chi connectivity index (χ3n) is 3.32. The molecule has 3 N–H and O–H groups in total. The van der Waals surface area contributed by atoms with E-state index in [0.717, 1.165) is 27.1 Å². The van der Waals surface area contributed by atoms with Crippen LogP contribution in [-0.4, -0.2) is 20.4 Å². The number of aromatic nitrogens is 4. The molecule has 0 atom stereocenters. The first-order chi connectivity index (χ1) is 10.3. The van der Waals surface area contributed by atoms with Gasteiger partial charge >= 0.3 is 0 Å². The van der Waals surface area contributed by atoms with E-state index in [1.807, 2.05) is 47.8 Å². The molecule has 5 nitrogen and oxygen atoms in total. The Kier molecular flexibility index (Phi) is 2.68. The average Bonchev–Trinajstić information content (AvgIpc) is 3.18. The van der Waals surface area contributed by atoms with Crippen molar-refractivity contribution >= 4 is 28.2 Å². The molecule has 0 unspecified atom stereocenters. The van der Waals surface area contributed by atoms with Gasteiger partial charge in [0.1, 0.15) is 11.5 Å². The van der Waals surface area contributed by atoms with E-state index in [9.17, 15) is 0 Å². The fraction of sp³-hybridized carbons (Fsp3) is 0. The third-order valence-corrected chi connectivity index (χ3v) is 4.20. The molecule has 0 amide bonds. The highest BCUT2D eigenvalue weighted by Gasteiger charge is 2.18. The van der Waals surface area contributed by atoms with Crippen LogP contribution < -0.4 is 5.73 Å². The summed E-state index contributed by atoms with van der Waals surface area (Å²) in [4.78, 5) is 1.06. The number of benzene rings is 1. The third kappa shape index (κ3) is 1.88. The Bertz CT molecular complexity index is 897. The topological polar surface area (TPSA) is 80.5 Å². The lowest BCUT2D eigenvalue weighted by Gasteiger charge is -2.08. The van der Waals surface area contributed by atoms with E-state index in [-0.39, 0.29) is 0 Å². The molecule has 102 valence electrons. The Labute approximate surface area is 124 Å². The lowest BCUT2D eigenvalue weighted by atomic mass is 10.0. The molecular weight excluding hydrogens is 282 g/mol. The minimum atomic E-state index is 0.511. The summed E-state index contributed by atoms with van der Waals surface area (Å²) in [6.07, 6.45) is 0. The number of hydrogen-bond acceptors (Lipinski definition) is 5. The molecule has 6 heteroatoms. The molecule has 0 bridgehead atoms. The van der Waals surface area contributed by atoms with Crippen LogP contribution in [0.3, 0.4) is 0 Å². The zero-order valence-corrected chi connectivity index (χ0v) is 11.8. The summed E-state index contributed by atoms with van der Waals surface area (Å²) in [6, 6.07) is 14.1. The molecule has 3 aromatic heterocycles. The zero-order valence-electron chi connectivity index (χ0n) is 10.9. The Morgan fingerprint density at radius 2 is 1.86 bits per heavy atom. The Hall–Kier alpha value is -2.73. The number of H-pyrrole nitrogens is 1. The van der Waals surface area contributed by atoms with Crippen LogP contribution >= 0.6 is 11.3 Å². The maximum Gasteiger partial charge on any atom is 0.205 e. The lowest BCUT2D eigenvalue weighted by Crippen LogP contribution is -1.94. The number of aromatic amines is 1. The van der Waals surface area contributed by atoms with E-state index in [1.165, 1.54) is 0 Å². The van der Waals surface area contributed by atoms with Crippen LogP contribution in [0.5, 0.6) is 0 Å². The van der Waals surface area contributed by atoms with Gasteiger partial charge in [0.05, 0.1) is 10.3 Å². The van der Waals surface area contributed by atoms with Crippen molar-refractivity contribution in [3.63, 3.8) is 0 Å². The summed E-state index contributed by atoms with van der Waals surface area (Å²) in [5.41, 5.74) is 9.44. The van der Waals surface area contributed by atoms with Crippen LogP contribution in [0.25, 0.3) is 32.7 Å². The molecule has 4 rings (SSSR count). The highest BCUT2D eigenvalue weighted by atomic mass is 32.1. The van der Waals surface area contributed by atoms with E-state index < -0.39 is 0 Å². The maximum absolute atomic E-state index is 6.05. The maximum atomic E-state index is 6.05. The molecule has 0 aliphatic heterocycles. The SMILES string of the molecule is Nc1[nH]nc2nnc(-c3cccs3)c(-c3ccccc3)c12. The van der Waals surface area contributed by atoms with E-state index in [4.69, 9.17) is 5.73 Å². The van der Waals surface area contributed by atoms with Crippen LogP contribution in [0, 0.1) is 0 Å². The normalized spacial score (nSPS) is 11.0. The molecule has 0 spiro atoms. The van der Waals surface area contributed by atoms with E-state index in [1.54, 1.807) is 11.3 Å². The van der Waals surface area contributed by atoms with Crippen LogP contribution in [0.15, 0.2) is 47.8 Å². The van der Waals surface area contributed by atoms with Crippen molar-refractivity contribution in [1.82, 2.24) is 20.4 Å². The van der Waals surface area contributed by atoms with Crippen LogP contribution in [0.1, 0.15) is 0 Å². The summed E-state index contributed by atoms with van der Waals surface area (Å²) in [7, 11) is 0. The Morgan fingerprint density at radius 1 is 1.00 bits per heavy atom. The number of nitrogens with one attached hydrogen (secondary N) is 1. The standard InChI is InChI=1S/C15H11N5S/c16-14-12-11(9-5-2-1-3-6-9)13(10-7-4-8-21-10)17-19-15(12)20-18-14/h1-8H,(H3,16,18,19,20). The quantitative estimate of drug-likeness (QED) is 0.594. The smallest absolute Gasteiger partial charge is 0.205 e. The molecule has 3 heterocycles. The van der Waals surface area contributed by atoms with Gasteiger partial charge in [0.2, 0.25) is 5.65 Å². The number of nitrogen functional groups attached to an aromatic ring is 1. The number of rotatable bonds is 2. The summed E-state index contributed by atoms with van der Waals surface area (Å²) in [6.45, 7) is 0. The summed E-state index contributed by atoms with van der Waals surface area (Å²) < 4.78 is 0. The average molecular weight is 293 g/mol. The number of thiophene rings is 1. The van der Waals surface area contributed by atoms with Crippen molar-refractivity contribution in [2.45, 2.75) is 0 Å². The number of anilines is 1. The van der Waals surface area contributed by atoms with Crippen LogP contribution in [0.2, 0.25) is 0 Å². The molecule has 4 aromatic rings. The van der Waals surface area contributed by atoms with Gasteiger partial charge in [-0.25, -0.2) is 0 Å². The molecule has 0 saturated carbocycles. The molecule has 0 aliphatic carbocycles. The molecule has 0 radical (unpaired) electrons. The van der Waals surface area contributed by atoms with E-state index in [0.29, 0.717) is 11.5 Å². The minimum absolute atomic E-state index is 0.511. The molecule has 21 heavy (non-hydrogen) atoms. The minimum Gasteiger partial charge on any atom is -0.383 e. The Balaban J connectivity index is 2.13. The molecule has 1 aromatic carbocycles. The zero-order chi connectivity index (χ0) is 14.2. The van der Waals surface area contributed by atoms with Crippen LogP contribution in [0.4, 0.5) is 5.82 Å². The first-order valence-electron chi connectivity index (χ1n) is 6.44. The summed E-state index contributed by atoms with van der Waals surface area (Å²) >= 11 is 1.63. The van der Waals surface area contributed by atoms with Gasteiger partial charge in [-0.2, -0.15) is 5.10 Å². The largest absolute Gasteiger partial charge is 0.383 e. The van der Waals surface area contributed by atoms with Gasteiger partial charge in [-0.05, 0) is 17.0 Å². The van der Waals surface area contributed by atoms with Crippen molar-refractivity contribution in [2.24, 2.45) is 0 Å². The first-order valence-corrected chi connectivity index (χ1v) is 7.32. The van der Waals surface area contributed by atoms with Crippen molar-refractivity contribution in [3.8, 4) is 21.7 Å².